The van der Waals surface area contributed by atoms with Crippen molar-refractivity contribution in [3.63, 3.8) is 0 Å². The average molecular weight is 354 g/mol. The summed E-state index contributed by atoms with van der Waals surface area (Å²) in [6.07, 6.45) is 0. The van der Waals surface area contributed by atoms with Gasteiger partial charge in [0.15, 0.2) is 11.5 Å². The lowest BCUT2D eigenvalue weighted by Crippen LogP contribution is -2.36. The summed E-state index contributed by atoms with van der Waals surface area (Å²) in [6.45, 7) is 5.02. The van der Waals surface area contributed by atoms with E-state index in [1.165, 1.54) is 5.56 Å². The van der Waals surface area contributed by atoms with E-state index < -0.39 is 0 Å². The van der Waals surface area contributed by atoms with Crippen LogP contribution < -0.4 is 14.8 Å². The molecule has 2 aliphatic heterocycles. The molecule has 6 heteroatoms. The van der Waals surface area contributed by atoms with Gasteiger partial charge in [-0.25, -0.2) is 0 Å². The van der Waals surface area contributed by atoms with Crippen molar-refractivity contribution in [2.24, 2.45) is 0 Å². The molecule has 1 amide bonds. The Morgan fingerprint density at radius 3 is 2.62 bits per heavy atom. The number of benzene rings is 2. The summed E-state index contributed by atoms with van der Waals surface area (Å²) in [5.41, 5.74) is 2.94. The van der Waals surface area contributed by atoms with E-state index in [9.17, 15) is 4.79 Å². The highest BCUT2D eigenvalue weighted by Gasteiger charge is 2.17. The van der Waals surface area contributed by atoms with Gasteiger partial charge >= 0.3 is 0 Å². The molecule has 1 N–H and O–H groups in total. The predicted molar refractivity (Wildman–Crippen MR) is 96.3 cm³/mol. The summed E-state index contributed by atoms with van der Waals surface area (Å²) in [5.74, 6) is 1.17. The van der Waals surface area contributed by atoms with E-state index in [0.717, 1.165) is 38.4 Å². The largest absolute Gasteiger partial charge is 0.454 e. The SMILES string of the molecule is O=C(NCc1ccccc1CN1CCOCC1)c1ccc2c(c1)OCO2. The van der Waals surface area contributed by atoms with Gasteiger partial charge in [-0.05, 0) is 29.3 Å². The van der Waals surface area contributed by atoms with E-state index >= 15 is 0 Å². The van der Waals surface area contributed by atoms with Crippen LogP contribution >= 0.6 is 0 Å². The molecule has 0 spiro atoms. The standard InChI is InChI=1S/C20H22N2O4/c23-20(15-5-6-18-19(11-15)26-14-25-18)21-12-16-3-1-2-4-17(16)13-22-7-9-24-10-8-22/h1-6,11H,7-10,12-14H2,(H,21,23). The van der Waals surface area contributed by atoms with Crippen LogP contribution in [0.15, 0.2) is 42.5 Å². The van der Waals surface area contributed by atoms with Crippen LogP contribution in [0.25, 0.3) is 0 Å². The normalized spacial score (nSPS) is 16.5. The lowest BCUT2D eigenvalue weighted by molar-refractivity contribution is 0.0340. The Morgan fingerprint density at radius 1 is 1.00 bits per heavy atom. The third-order valence-electron chi connectivity index (χ3n) is 4.69. The molecule has 26 heavy (non-hydrogen) atoms. The molecule has 1 saturated heterocycles. The second-order valence-corrected chi connectivity index (χ2v) is 6.41. The first-order chi connectivity index (χ1) is 12.8. The van der Waals surface area contributed by atoms with Gasteiger partial charge in [0.25, 0.3) is 5.91 Å². The zero-order chi connectivity index (χ0) is 17.8. The van der Waals surface area contributed by atoms with E-state index in [1.54, 1.807) is 18.2 Å². The lowest BCUT2D eigenvalue weighted by Gasteiger charge is -2.27. The smallest absolute Gasteiger partial charge is 0.251 e. The number of carbonyl (C=O) groups is 1. The molecule has 136 valence electrons. The number of nitrogens with one attached hydrogen (secondary N) is 1. The number of hydrogen-bond donors (Lipinski definition) is 1. The van der Waals surface area contributed by atoms with Crippen LogP contribution in [0.4, 0.5) is 0 Å². The first-order valence-corrected chi connectivity index (χ1v) is 8.84. The summed E-state index contributed by atoms with van der Waals surface area (Å²) in [6, 6.07) is 13.5. The van der Waals surface area contributed by atoms with Crippen LogP contribution in [0.1, 0.15) is 21.5 Å². The summed E-state index contributed by atoms with van der Waals surface area (Å²) in [4.78, 5) is 14.9. The minimum absolute atomic E-state index is 0.121. The van der Waals surface area contributed by atoms with Crippen molar-refractivity contribution in [1.82, 2.24) is 10.2 Å². The van der Waals surface area contributed by atoms with Crippen LogP contribution in [0.3, 0.4) is 0 Å². The van der Waals surface area contributed by atoms with Gasteiger partial charge in [0.1, 0.15) is 0 Å². The third kappa shape index (κ3) is 3.81. The quantitative estimate of drug-likeness (QED) is 0.892. The fraction of sp³-hybridized carbons (Fsp3) is 0.350. The van der Waals surface area contributed by atoms with Crippen LogP contribution in [-0.2, 0) is 17.8 Å². The van der Waals surface area contributed by atoms with Gasteiger partial charge in [-0.3, -0.25) is 9.69 Å². The molecule has 0 saturated carbocycles. The molecule has 0 bridgehead atoms. The fourth-order valence-corrected chi connectivity index (χ4v) is 3.20. The minimum Gasteiger partial charge on any atom is -0.454 e. The number of hydrogen-bond acceptors (Lipinski definition) is 5. The number of fused-ring (bicyclic) bond motifs is 1. The Balaban J connectivity index is 1.40. The molecule has 0 aliphatic carbocycles. The monoisotopic (exact) mass is 354 g/mol. The minimum atomic E-state index is -0.121. The molecule has 2 heterocycles. The fourth-order valence-electron chi connectivity index (χ4n) is 3.20. The maximum absolute atomic E-state index is 12.5. The number of amides is 1. The Kier molecular flexibility index (Phi) is 5.04. The maximum Gasteiger partial charge on any atom is 0.251 e. The van der Waals surface area contributed by atoms with Crippen molar-refractivity contribution >= 4 is 5.91 Å². The highest BCUT2D eigenvalue weighted by molar-refractivity contribution is 5.94. The summed E-state index contributed by atoms with van der Waals surface area (Å²) >= 11 is 0. The van der Waals surface area contributed by atoms with Crippen molar-refractivity contribution in [2.45, 2.75) is 13.1 Å². The maximum atomic E-state index is 12.5. The molecule has 0 unspecified atom stereocenters. The molecule has 0 aromatic heterocycles. The summed E-state index contributed by atoms with van der Waals surface area (Å²) < 4.78 is 16.0. The van der Waals surface area contributed by atoms with E-state index in [1.807, 2.05) is 12.1 Å². The molecule has 1 fully saturated rings. The Labute approximate surface area is 152 Å². The summed E-state index contributed by atoms with van der Waals surface area (Å²) in [5, 5.41) is 3.01. The van der Waals surface area contributed by atoms with E-state index in [4.69, 9.17) is 14.2 Å². The highest BCUT2D eigenvalue weighted by atomic mass is 16.7. The second kappa shape index (κ2) is 7.76. The van der Waals surface area contributed by atoms with Gasteiger partial charge in [-0.2, -0.15) is 0 Å². The van der Waals surface area contributed by atoms with E-state index in [-0.39, 0.29) is 12.7 Å². The van der Waals surface area contributed by atoms with Crippen LogP contribution in [-0.4, -0.2) is 43.9 Å². The van der Waals surface area contributed by atoms with Gasteiger partial charge in [0.2, 0.25) is 6.79 Å². The number of rotatable bonds is 5. The first-order valence-electron chi connectivity index (χ1n) is 8.84. The average Bonchev–Trinajstić information content (AvgIpc) is 3.16. The van der Waals surface area contributed by atoms with Crippen LogP contribution in [0, 0.1) is 0 Å². The van der Waals surface area contributed by atoms with E-state index in [0.29, 0.717) is 23.6 Å². The molecular formula is C20H22N2O4. The van der Waals surface area contributed by atoms with E-state index in [2.05, 4.69) is 22.3 Å². The number of carbonyl (C=O) groups excluding carboxylic acids is 1. The van der Waals surface area contributed by atoms with Crippen LogP contribution in [0.5, 0.6) is 11.5 Å². The lowest BCUT2D eigenvalue weighted by atomic mass is 10.1. The number of ether oxygens (including phenoxy) is 3. The molecule has 2 aromatic carbocycles. The van der Waals surface area contributed by atoms with Crippen molar-refractivity contribution in [3.8, 4) is 11.5 Å². The zero-order valence-electron chi connectivity index (χ0n) is 14.6. The van der Waals surface area contributed by atoms with Gasteiger partial charge in [-0.15, -0.1) is 0 Å². The first kappa shape index (κ1) is 16.9. The molecule has 6 nitrogen and oxygen atoms in total. The van der Waals surface area contributed by atoms with Crippen LogP contribution in [0.2, 0.25) is 0 Å². The number of morpholine rings is 1. The second-order valence-electron chi connectivity index (χ2n) is 6.41. The van der Waals surface area contributed by atoms with Crippen molar-refractivity contribution in [1.29, 1.82) is 0 Å². The molecule has 2 aliphatic rings. The van der Waals surface area contributed by atoms with Gasteiger partial charge < -0.3 is 19.5 Å². The Morgan fingerprint density at radius 2 is 1.77 bits per heavy atom. The number of nitrogens with zero attached hydrogens (tertiary/aromatic N) is 1. The van der Waals surface area contributed by atoms with Crippen molar-refractivity contribution < 1.29 is 19.0 Å². The van der Waals surface area contributed by atoms with Gasteiger partial charge in [0.05, 0.1) is 13.2 Å². The van der Waals surface area contributed by atoms with Gasteiger partial charge in [-0.1, -0.05) is 24.3 Å². The topological polar surface area (TPSA) is 60.0 Å². The third-order valence-corrected chi connectivity index (χ3v) is 4.69. The predicted octanol–water partition coefficient (Wildman–Crippen LogP) is 2.18. The molecular weight excluding hydrogens is 332 g/mol. The van der Waals surface area contributed by atoms with Crippen molar-refractivity contribution in [3.05, 3.63) is 59.2 Å². The zero-order valence-corrected chi connectivity index (χ0v) is 14.6. The molecule has 0 atom stereocenters. The molecule has 4 rings (SSSR count). The summed E-state index contributed by atoms with van der Waals surface area (Å²) in [7, 11) is 0. The molecule has 0 radical (unpaired) electrons. The molecule has 2 aromatic rings. The van der Waals surface area contributed by atoms with Gasteiger partial charge in [0, 0.05) is 31.7 Å². The van der Waals surface area contributed by atoms with Crippen molar-refractivity contribution in [2.75, 3.05) is 33.1 Å². The highest BCUT2D eigenvalue weighted by Crippen LogP contribution is 2.32. The Hall–Kier alpha value is -2.57. The Bertz CT molecular complexity index is 787.